The normalized spacial score (nSPS) is 12.0. The molecule has 0 heterocycles. The molecule has 2 N–H and O–H groups in total. The van der Waals surface area contributed by atoms with Crippen LogP contribution in [0.2, 0.25) is 0 Å². The summed E-state index contributed by atoms with van der Waals surface area (Å²) in [6.45, 7) is 4.91. The highest BCUT2D eigenvalue weighted by molar-refractivity contribution is 7.89. The molecule has 0 saturated carbocycles. The molecule has 5 nitrogen and oxygen atoms in total. The van der Waals surface area contributed by atoms with Gasteiger partial charge in [0.15, 0.2) is 0 Å². The molecule has 0 fully saturated rings. The Kier molecular flexibility index (Phi) is 5.59. The minimum absolute atomic E-state index is 0.105. The minimum Gasteiger partial charge on any atom is -0.326 e. The van der Waals surface area contributed by atoms with Gasteiger partial charge >= 0.3 is 0 Å². The molecule has 0 atom stereocenters. The summed E-state index contributed by atoms with van der Waals surface area (Å²) < 4.78 is 40.8. The maximum absolute atomic E-state index is 13.0. The van der Waals surface area contributed by atoms with Gasteiger partial charge in [-0.15, -0.1) is 0 Å². The van der Waals surface area contributed by atoms with Gasteiger partial charge in [-0.05, 0) is 62.2 Å². The molecule has 7 heteroatoms. The molecule has 0 spiro atoms. The first-order valence-corrected chi connectivity index (χ1v) is 9.22. The number of hydrogen-bond acceptors (Lipinski definition) is 3. The molecule has 0 bridgehead atoms. The molecular weight excluding hydrogens is 343 g/mol. The van der Waals surface area contributed by atoms with Crippen LogP contribution < -0.4 is 10.0 Å². The maximum atomic E-state index is 13.0. The number of halogens is 1. The van der Waals surface area contributed by atoms with Crippen molar-refractivity contribution in [2.24, 2.45) is 0 Å². The summed E-state index contributed by atoms with van der Waals surface area (Å²) in [6, 6.07) is 11.9. The molecule has 2 aromatic rings. The highest BCUT2D eigenvalue weighted by atomic mass is 32.2. The van der Waals surface area contributed by atoms with Gasteiger partial charge in [-0.2, -0.15) is 0 Å². The first-order chi connectivity index (χ1) is 11.6. The summed E-state index contributed by atoms with van der Waals surface area (Å²) >= 11 is 0. The van der Waals surface area contributed by atoms with Crippen LogP contribution in [0.25, 0.3) is 0 Å². The Hall–Kier alpha value is -2.25. The molecule has 1 amide bonds. The Labute approximate surface area is 147 Å². The molecule has 0 aliphatic heterocycles. The third kappa shape index (κ3) is 5.65. The third-order valence-electron chi connectivity index (χ3n) is 3.45. The maximum Gasteiger partial charge on any atom is 0.241 e. The van der Waals surface area contributed by atoms with Gasteiger partial charge in [-0.25, -0.2) is 17.5 Å². The van der Waals surface area contributed by atoms with Crippen molar-refractivity contribution in [1.29, 1.82) is 0 Å². The van der Waals surface area contributed by atoms with Gasteiger partial charge in [0.2, 0.25) is 15.9 Å². The van der Waals surface area contributed by atoms with Gasteiger partial charge < -0.3 is 5.32 Å². The Balaban J connectivity index is 2.13. The lowest BCUT2D eigenvalue weighted by Crippen LogP contribution is -2.44. The van der Waals surface area contributed by atoms with Crippen molar-refractivity contribution < 1.29 is 17.6 Å². The monoisotopic (exact) mass is 364 g/mol. The Morgan fingerprint density at radius 3 is 2.12 bits per heavy atom. The first-order valence-electron chi connectivity index (χ1n) is 7.73. The summed E-state index contributed by atoms with van der Waals surface area (Å²) in [5, 5.41) is 2.58. The number of anilines is 1. The lowest BCUT2D eigenvalue weighted by atomic mass is 9.96. The molecule has 0 aliphatic carbocycles. The SMILES string of the molecule is CC(=O)Nc1ccc(S(=O)(=O)NC(C)(C)Cc2ccc(F)cc2)cc1. The van der Waals surface area contributed by atoms with Gasteiger partial charge in [-0.1, -0.05) is 12.1 Å². The van der Waals surface area contributed by atoms with E-state index in [1.165, 1.54) is 43.3 Å². The number of carbonyl (C=O) groups is 1. The fourth-order valence-electron chi connectivity index (χ4n) is 2.49. The van der Waals surface area contributed by atoms with Crippen molar-refractivity contribution >= 4 is 21.6 Å². The average Bonchev–Trinajstić information content (AvgIpc) is 2.48. The molecule has 0 radical (unpaired) electrons. The van der Waals surface area contributed by atoms with Crippen molar-refractivity contribution in [3.05, 3.63) is 59.9 Å². The fraction of sp³-hybridized carbons (Fsp3) is 0.278. The summed E-state index contributed by atoms with van der Waals surface area (Å²) in [7, 11) is -3.73. The zero-order chi connectivity index (χ0) is 18.7. The van der Waals surface area contributed by atoms with E-state index in [-0.39, 0.29) is 16.6 Å². The number of hydrogen-bond donors (Lipinski definition) is 2. The highest BCUT2D eigenvalue weighted by Gasteiger charge is 2.26. The largest absolute Gasteiger partial charge is 0.326 e. The lowest BCUT2D eigenvalue weighted by Gasteiger charge is -2.26. The van der Waals surface area contributed by atoms with Crippen LogP contribution in [0.4, 0.5) is 10.1 Å². The quantitative estimate of drug-likeness (QED) is 0.827. The van der Waals surface area contributed by atoms with E-state index in [4.69, 9.17) is 0 Å². The topological polar surface area (TPSA) is 75.3 Å². The Morgan fingerprint density at radius 2 is 1.60 bits per heavy atom. The first kappa shape index (κ1) is 19.1. The second kappa shape index (κ2) is 7.33. The van der Waals surface area contributed by atoms with Crippen LogP contribution in [0.15, 0.2) is 53.4 Å². The fourth-order valence-corrected chi connectivity index (χ4v) is 3.90. The third-order valence-corrected chi connectivity index (χ3v) is 5.17. The van der Waals surface area contributed by atoms with Crippen molar-refractivity contribution in [1.82, 2.24) is 4.72 Å². The van der Waals surface area contributed by atoms with Crippen LogP contribution >= 0.6 is 0 Å². The van der Waals surface area contributed by atoms with Crippen molar-refractivity contribution in [2.75, 3.05) is 5.32 Å². The van der Waals surface area contributed by atoms with Crippen molar-refractivity contribution in [2.45, 2.75) is 37.6 Å². The predicted molar refractivity (Wildman–Crippen MR) is 95.3 cm³/mol. The van der Waals surface area contributed by atoms with Crippen LogP contribution in [0.1, 0.15) is 26.3 Å². The molecule has 25 heavy (non-hydrogen) atoms. The number of nitrogens with one attached hydrogen (secondary N) is 2. The molecule has 0 saturated heterocycles. The van der Waals surface area contributed by atoms with Gasteiger partial charge in [0.1, 0.15) is 5.82 Å². The smallest absolute Gasteiger partial charge is 0.241 e. The average molecular weight is 364 g/mol. The van der Waals surface area contributed by atoms with E-state index in [1.54, 1.807) is 26.0 Å². The van der Waals surface area contributed by atoms with Crippen LogP contribution in [0, 0.1) is 5.82 Å². The molecule has 0 aliphatic rings. The molecule has 0 unspecified atom stereocenters. The Bertz CT molecular complexity index is 845. The summed E-state index contributed by atoms with van der Waals surface area (Å²) in [5.74, 6) is -0.560. The van der Waals surface area contributed by atoms with E-state index in [0.717, 1.165) is 5.56 Å². The zero-order valence-electron chi connectivity index (χ0n) is 14.3. The predicted octanol–water partition coefficient (Wildman–Crippen LogP) is 3.08. The summed E-state index contributed by atoms with van der Waals surface area (Å²) in [6.07, 6.45) is 0.413. The van der Waals surface area contributed by atoms with Crippen LogP contribution in [-0.2, 0) is 21.2 Å². The standard InChI is InChI=1S/C18H21FN2O3S/c1-13(22)20-16-8-10-17(11-9-16)25(23,24)21-18(2,3)12-14-4-6-15(19)7-5-14/h4-11,21H,12H2,1-3H3,(H,20,22). The second-order valence-electron chi connectivity index (χ2n) is 6.50. The number of sulfonamides is 1. The van der Waals surface area contributed by atoms with Gasteiger partial charge in [0, 0.05) is 18.2 Å². The number of carbonyl (C=O) groups excluding carboxylic acids is 1. The minimum atomic E-state index is -3.73. The molecule has 0 aromatic heterocycles. The number of benzene rings is 2. The van der Waals surface area contributed by atoms with E-state index in [9.17, 15) is 17.6 Å². The Morgan fingerprint density at radius 1 is 1.04 bits per heavy atom. The summed E-state index contributed by atoms with van der Waals surface area (Å²) in [5.41, 5.74) is 0.597. The van der Waals surface area contributed by atoms with Crippen molar-refractivity contribution in [3.8, 4) is 0 Å². The van der Waals surface area contributed by atoms with E-state index >= 15 is 0 Å². The highest BCUT2D eigenvalue weighted by Crippen LogP contribution is 2.19. The van der Waals surface area contributed by atoms with Gasteiger partial charge in [0.05, 0.1) is 4.90 Å². The molecule has 2 rings (SSSR count). The number of amides is 1. The molecular formula is C18H21FN2O3S. The number of rotatable bonds is 6. The van der Waals surface area contributed by atoms with Crippen molar-refractivity contribution in [3.63, 3.8) is 0 Å². The van der Waals surface area contributed by atoms with E-state index in [0.29, 0.717) is 12.1 Å². The van der Waals surface area contributed by atoms with E-state index < -0.39 is 15.6 Å². The lowest BCUT2D eigenvalue weighted by molar-refractivity contribution is -0.114. The summed E-state index contributed by atoms with van der Waals surface area (Å²) in [4.78, 5) is 11.1. The van der Waals surface area contributed by atoms with E-state index in [1.807, 2.05) is 0 Å². The van der Waals surface area contributed by atoms with Crippen LogP contribution in [0.3, 0.4) is 0 Å². The van der Waals surface area contributed by atoms with Gasteiger partial charge in [-0.3, -0.25) is 4.79 Å². The second-order valence-corrected chi connectivity index (χ2v) is 8.18. The molecule has 2 aromatic carbocycles. The molecule has 134 valence electrons. The van der Waals surface area contributed by atoms with Crippen LogP contribution in [0.5, 0.6) is 0 Å². The van der Waals surface area contributed by atoms with E-state index in [2.05, 4.69) is 10.0 Å². The van der Waals surface area contributed by atoms with Crippen LogP contribution in [-0.4, -0.2) is 19.9 Å². The van der Waals surface area contributed by atoms with Gasteiger partial charge in [0.25, 0.3) is 0 Å². The zero-order valence-corrected chi connectivity index (χ0v) is 15.2.